The van der Waals surface area contributed by atoms with E-state index in [0.717, 1.165) is 5.01 Å². The Morgan fingerprint density at radius 1 is 1.64 bits per heavy atom. The van der Waals surface area contributed by atoms with E-state index in [1.54, 1.807) is 6.92 Å². The summed E-state index contributed by atoms with van der Waals surface area (Å²) in [6, 6.07) is 0. The van der Waals surface area contributed by atoms with Crippen LogP contribution in [0, 0.1) is 0 Å². The first-order valence-electron chi connectivity index (χ1n) is 4.49. The Balaban J connectivity index is 2.92. The molecule has 5 heteroatoms. The third-order valence-corrected chi connectivity index (χ3v) is 2.82. The van der Waals surface area contributed by atoms with E-state index in [4.69, 9.17) is 10.5 Å². The van der Waals surface area contributed by atoms with Gasteiger partial charge in [-0.2, -0.15) is 0 Å². The van der Waals surface area contributed by atoms with Crippen LogP contribution in [0.25, 0.3) is 0 Å². The van der Waals surface area contributed by atoms with Gasteiger partial charge in [0, 0.05) is 5.92 Å². The maximum absolute atomic E-state index is 11.3. The van der Waals surface area contributed by atoms with Crippen molar-refractivity contribution in [3.63, 3.8) is 0 Å². The van der Waals surface area contributed by atoms with E-state index < -0.39 is 5.97 Å². The fourth-order valence-corrected chi connectivity index (χ4v) is 1.77. The second kappa shape index (κ2) is 4.41. The summed E-state index contributed by atoms with van der Waals surface area (Å²) in [5, 5.41) is 1.30. The van der Waals surface area contributed by atoms with E-state index >= 15 is 0 Å². The first-order chi connectivity index (χ1) is 6.56. The van der Waals surface area contributed by atoms with Gasteiger partial charge in [0.2, 0.25) is 0 Å². The first kappa shape index (κ1) is 11.0. The molecule has 0 atom stereocenters. The highest BCUT2D eigenvalue weighted by Gasteiger charge is 2.18. The lowest BCUT2D eigenvalue weighted by atomic mass is 10.2. The average molecular weight is 214 g/mol. The molecule has 0 bridgehead atoms. The molecule has 0 aliphatic rings. The van der Waals surface area contributed by atoms with Gasteiger partial charge in [-0.1, -0.05) is 13.8 Å². The molecule has 0 saturated heterocycles. The van der Waals surface area contributed by atoms with Crippen LogP contribution in [0.5, 0.6) is 0 Å². The molecule has 1 rings (SSSR count). The monoisotopic (exact) mass is 214 g/mol. The second-order valence-electron chi connectivity index (χ2n) is 3.14. The fourth-order valence-electron chi connectivity index (χ4n) is 0.942. The van der Waals surface area contributed by atoms with Crippen molar-refractivity contribution >= 4 is 22.3 Å². The van der Waals surface area contributed by atoms with E-state index in [1.165, 1.54) is 11.3 Å². The number of thiazole rings is 1. The maximum atomic E-state index is 11.3. The third-order valence-electron chi connectivity index (χ3n) is 1.63. The van der Waals surface area contributed by atoms with Gasteiger partial charge in [0.25, 0.3) is 0 Å². The SMILES string of the molecule is CCOC(=O)c1nc(C(C)C)sc1N. The highest BCUT2D eigenvalue weighted by Crippen LogP contribution is 2.27. The Labute approximate surface area is 87.1 Å². The summed E-state index contributed by atoms with van der Waals surface area (Å²) < 4.78 is 4.83. The molecule has 0 amide bonds. The maximum Gasteiger partial charge on any atom is 0.360 e. The Bertz CT molecular complexity index is 334. The Kier molecular flexibility index (Phi) is 3.46. The molecule has 0 aromatic carbocycles. The van der Waals surface area contributed by atoms with Crippen molar-refractivity contribution < 1.29 is 9.53 Å². The van der Waals surface area contributed by atoms with Crippen LogP contribution in [-0.2, 0) is 4.74 Å². The minimum absolute atomic E-state index is 0.251. The summed E-state index contributed by atoms with van der Waals surface area (Å²) in [4.78, 5) is 15.5. The van der Waals surface area contributed by atoms with Gasteiger partial charge in [-0.25, -0.2) is 9.78 Å². The number of nitrogens with zero attached hydrogens (tertiary/aromatic N) is 1. The van der Waals surface area contributed by atoms with Crippen LogP contribution >= 0.6 is 11.3 Å². The summed E-state index contributed by atoms with van der Waals surface area (Å²) in [6.07, 6.45) is 0. The summed E-state index contributed by atoms with van der Waals surface area (Å²) in [7, 11) is 0. The normalized spacial score (nSPS) is 10.6. The number of carbonyl (C=O) groups is 1. The van der Waals surface area contributed by atoms with Gasteiger partial charge in [-0.3, -0.25) is 0 Å². The number of esters is 1. The zero-order valence-electron chi connectivity index (χ0n) is 8.53. The molecule has 1 aromatic heterocycles. The van der Waals surface area contributed by atoms with E-state index in [9.17, 15) is 4.79 Å². The summed E-state index contributed by atoms with van der Waals surface area (Å²) in [5.41, 5.74) is 5.92. The molecular weight excluding hydrogens is 200 g/mol. The van der Waals surface area contributed by atoms with Gasteiger partial charge in [-0.05, 0) is 6.92 Å². The minimum atomic E-state index is -0.437. The summed E-state index contributed by atoms with van der Waals surface area (Å²) >= 11 is 1.34. The molecular formula is C9H14N2O2S. The van der Waals surface area contributed by atoms with Crippen molar-refractivity contribution in [2.75, 3.05) is 12.3 Å². The number of hydrogen-bond acceptors (Lipinski definition) is 5. The number of nitrogen functional groups attached to an aromatic ring is 1. The highest BCUT2D eigenvalue weighted by molar-refractivity contribution is 7.16. The Hall–Kier alpha value is -1.10. The molecule has 0 spiro atoms. The molecule has 1 aromatic rings. The highest BCUT2D eigenvalue weighted by atomic mass is 32.1. The predicted molar refractivity (Wildman–Crippen MR) is 56.6 cm³/mol. The lowest BCUT2D eigenvalue weighted by molar-refractivity contribution is 0.0521. The largest absolute Gasteiger partial charge is 0.461 e. The molecule has 0 aliphatic heterocycles. The number of anilines is 1. The molecule has 0 unspecified atom stereocenters. The van der Waals surface area contributed by atoms with Crippen LogP contribution in [0.1, 0.15) is 42.2 Å². The molecule has 1 heterocycles. The lowest BCUT2D eigenvalue weighted by Gasteiger charge is -1.98. The Morgan fingerprint density at radius 3 is 2.71 bits per heavy atom. The number of ether oxygens (including phenoxy) is 1. The summed E-state index contributed by atoms with van der Waals surface area (Å²) in [5.74, 6) is -0.154. The molecule has 78 valence electrons. The van der Waals surface area contributed by atoms with Crippen molar-refractivity contribution in [3.8, 4) is 0 Å². The van der Waals surface area contributed by atoms with Crippen LogP contribution in [-0.4, -0.2) is 17.6 Å². The van der Waals surface area contributed by atoms with E-state index in [-0.39, 0.29) is 11.6 Å². The second-order valence-corrected chi connectivity index (χ2v) is 4.20. The predicted octanol–water partition coefficient (Wildman–Crippen LogP) is 2.03. The van der Waals surface area contributed by atoms with Gasteiger partial charge in [0.05, 0.1) is 11.6 Å². The van der Waals surface area contributed by atoms with E-state index in [1.807, 2.05) is 13.8 Å². The number of nitrogens with two attached hydrogens (primary N) is 1. The van der Waals surface area contributed by atoms with Crippen molar-refractivity contribution in [1.29, 1.82) is 0 Å². The molecule has 14 heavy (non-hydrogen) atoms. The van der Waals surface area contributed by atoms with Crippen molar-refractivity contribution in [2.45, 2.75) is 26.7 Å². The fraction of sp³-hybridized carbons (Fsp3) is 0.556. The van der Waals surface area contributed by atoms with Crippen LogP contribution < -0.4 is 5.73 Å². The minimum Gasteiger partial charge on any atom is -0.461 e. The molecule has 0 radical (unpaired) electrons. The number of rotatable bonds is 3. The molecule has 0 saturated carbocycles. The smallest absolute Gasteiger partial charge is 0.360 e. The van der Waals surface area contributed by atoms with Crippen LogP contribution in [0.4, 0.5) is 5.00 Å². The molecule has 0 aliphatic carbocycles. The van der Waals surface area contributed by atoms with Crippen LogP contribution in [0.15, 0.2) is 0 Å². The van der Waals surface area contributed by atoms with Gasteiger partial charge >= 0.3 is 5.97 Å². The Morgan fingerprint density at radius 2 is 2.29 bits per heavy atom. The zero-order valence-corrected chi connectivity index (χ0v) is 9.35. The van der Waals surface area contributed by atoms with Crippen molar-refractivity contribution in [1.82, 2.24) is 4.98 Å². The first-order valence-corrected chi connectivity index (χ1v) is 5.31. The molecule has 4 nitrogen and oxygen atoms in total. The number of carbonyl (C=O) groups excluding carboxylic acids is 1. The average Bonchev–Trinajstić information content (AvgIpc) is 2.48. The third kappa shape index (κ3) is 2.23. The molecule has 2 N–H and O–H groups in total. The van der Waals surface area contributed by atoms with Crippen LogP contribution in [0.2, 0.25) is 0 Å². The van der Waals surface area contributed by atoms with Gasteiger partial charge in [0.15, 0.2) is 5.69 Å². The zero-order chi connectivity index (χ0) is 10.7. The van der Waals surface area contributed by atoms with Crippen molar-refractivity contribution in [2.24, 2.45) is 0 Å². The van der Waals surface area contributed by atoms with Crippen LogP contribution in [0.3, 0.4) is 0 Å². The van der Waals surface area contributed by atoms with Gasteiger partial charge < -0.3 is 10.5 Å². The quantitative estimate of drug-likeness (QED) is 0.782. The summed E-state index contributed by atoms with van der Waals surface area (Å²) in [6.45, 7) is 6.11. The number of hydrogen-bond donors (Lipinski definition) is 1. The van der Waals surface area contributed by atoms with Crippen molar-refractivity contribution in [3.05, 3.63) is 10.7 Å². The molecule has 0 fully saturated rings. The van der Waals surface area contributed by atoms with Gasteiger partial charge in [-0.15, -0.1) is 11.3 Å². The number of aromatic nitrogens is 1. The van der Waals surface area contributed by atoms with E-state index in [0.29, 0.717) is 11.6 Å². The lowest BCUT2D eigenvalue weighted by Crippen LogP contribution is -2.07. The van der Waals surface area contributed by atoms with Gasteiger partial charge in [0.1, 0.15) is 5.00 Å². The topological polar surface area (TPSA) is 65.2 Å². The standard InChI is InChI=1S/C9H14N2O2S/c1-4-13-9(12)6-7(10)14-8(11-6)5(2)3/h5H,4,10H2,1-3H3. The van der Waals surface area contributed by atoms with E-state index in [2.05, 4.69) is 4.98 Å².